The highest BCUT2D eigenvalue weighted by atomic mass is 79.9. The van der Waals surface area contributed by atoms with Gasteiger partial charge in [0.15, 0.2) is 0 Å². The maximum atomic E-state index is 13.9. The molecule has 1 aromatic carbocycles. The molecule has 3 nitrogen and oxygen atoms in total. The van der Waals surface area contributed by atoms with Crippen LogP contribution in [0.3, 0.4) is 0 Å². The van der Waals surface area contributed by atoms with Gasteiger partial charge in [-0.25, -0.2) is 4.39 Å². The van der Waals surface area contributed by atoms with Crippen LogP contribution in [0, 0.1) is 19.7 Å². The molecule has 2 aromatic rings. The van der Waals surface area contributed by atoms with Crippen molar-refractivity contribution >= 4 is 15.9 Å². The molecule has 0 fully saturated rings. The van der Waals surface area contributed by atoms with Gasteiger partial charge >= 0.3 is 0 Å². The monoisotopic (exact) mass is 311 g/mol. The third kappa shape index (κ3) is 2.47. The number of nitrogens with two attached hydrogens (primary N) is 1. The Labute approximate surface area is 114 Å². The molecule has 5 heteroatoms. The Bertz CT molecular complexity index is 578. The van der Waals surface area contributed by atoms with E-state index >= 15 is 0 Å². The molecule has 0 saturated carbocycles. The van der Waals surface area contributed by atoms with E-state index in [0.29, 0.717) is 18.7 Å². The minimum Gasteiger partial charge on any atom is -0.326 e. The fourth-order valence-electron chi connectivity index (χ4n) is 1.84. The largest absolute Gasteiger partial charge is 0.326 e. The average Bonchev–Trinajstić information content (AvgIpc) is 2.59. The highest BCUT2D eigenvalue weighted by Gasteiger charge is 2.11. The molecule has 96 valence electrons. The third-order valence-corrected chi connectivity index (χ3v) is 4.11. The van der Waals surface area contributed by atoms with Gasteiger partial charge in [0.2, 0.25) is 0 Å². The molecule has 2 N–H and O–H groups in total. The molecule has 0 unspecified atom stereocenters. The first-order valence-corrected chi connectivity index (χ1v) is 6.49. The van der Waals surface area contributed by atoms with E-state index in [1.165, 1.54) is 6.07 Å². The van der Waals surface area contributed by atoms with Crippen molar-refractivity contribution in [2.75, 3.05) is 0 Å². The lowest BCUT2D eigenvalue weighted by molar-refractivity contribution is 0.577. The molecule has 1 heterocycles. The predicted octanol–water partition coefficient (Wildman–Crippen LogP) is 2.91. The molecule has 18 heavy (non-hydrogen) atoms. The SMILES string of the molecule is Cc1nn(Cc2ccc(CN)cc2F)c(C)c1Br. The molecular formula is C13H15BrFN3. The van der Waals surface area contributed by atoms with Crippen LogP contribution in [-0.4, -0.2) is 9.78 Å². The van der Waals surface area contributed by atoms with Crippen molar-refractivity contribution in [3.05, 3.63) is 51.0 Å². The molecule has 0 amide bonds. The van der Waals surface area contributed by atoms with Gasteiger partial charge in [0.05, 0.1) is 22.4 Å². The van der Waals surface area contributed by atoms with E-state index in [1.807, 2.05) is 19.9 Å². The third-order valence-electron chi connectivity index (χ3n) is 2.97. The summed E-state index contributed by atoms with van der Waals surface area (Å²) >= 11 is 3.46. The van der Waals surface area contributed by atoms with Crippen molar-refractivity contribution in [1.82, 2.24) is 9.78 Å². The minimum absolute atomic E-state index is 0.235. The smallest absolute Gasteiger partial charge is 0.128 e. The number of nitrogens with zero attached hydrogens (tertiary/aromatic N) is 2. The summed E-state index contributed by atoms with van der Waals surface area (Å²) in [6, 6.07) is 5.09. The Morgan fingerprint density at radius 2 is 2.11 bits per heavy atom. The first-order chi connectivity index (χ1) is 8.52. The number of hydrogen-bond donors (Lipinski definition) is 1. The Hall–Kier alpha value is -1.20. The zero-order chi connectivity index (χ0) is 13.3. The van der Waals surface area contributed by atoms with E-state index < -0.39 is 0 Å². The van der Waals surface area contributed by atoms with E-state index in [2.05, 4.69) is 21.0 Å². The van der Waals surface area contributed by atoms with Gasteiger partial charge < -0.3 is 5.73 Å². The summed E-state index contributed by atoms with van der Waals surface area (Å²) in [4.78, 5) is 0. The highest BCUT2D eigenvalue weighted by molar-refractivity contribution is 9.10. The van der Waals surface area contributed by atoms with Gasteiger partial charge in [-0.1, -0.05) is 12.1 Å². The van der Waals surface area contributed by atoms with E-state index in [1.54, 1.807) is 10.7 Å². The molecule has 0 saturated heterocycles. The van der Waals surface area contributed by atoms with Crippen LogP contribution in [-0.2, 0) is 13.1 Å². The second kappa shape index (κ2) is 5.20. The van der Waals surface area contributed by atoms with Crippen LogP contribution in [0.15, 0.2) is 22.7 Å². The maximum absolute atomic E-state index is 13.9. The number of benzene rings is 1. The lowest BCUT2D eigenvalue weighted by atomic mass is 10.1. The Morgan fingerprint density at radius 1 is 1.39 bits per heavy atom. The molecule has 1 aromatic heterocycles. The first kappa shape index (κ1) is 13.2. The molecule has 0 aliphatic rings. The van der Waals surface area contributed by atoms with Gasteiger partial charge in [-0.2, -0.15) is 5.10 Å². The average molecular weight is 312 g/mol. The van der Waals surface area contributed by atoms with E-state index in [9.17, 15) is 4.39 Å². The summed E-state index contributed by atoms with van der Waals surface area (Å²) < 4.78 is 16.6. The van der Waals surface area contributed by atoms with E-state index in [4.69, 9.17) is 5.73 Å². The maximum Gasteiger partial charge on any atom is 0.128 e. The van der Waals surface area contributed by atoms with Gasteiger partial charge in [0.25, 0.3) is 0 Å². The Kier molecular flexibility index (Phi) is 3.82. The van der Waals surface area contributed by atoms with Crippen LogP contribution in [0.5, 0.6) is 0 Å². The highest BCUT2D eigenvalue weighted by Crippen LogP contribution is 2.21. The Balaban J connectivity index is 2.31. The number of halogens is 2. The lowest BCUT2D eigenvalue weighted by Crippen LogP contribution is -2.07. The zero-order valence-electron chi connectivity index (χ0n) is 10.4. The Morgan fingerprint density at radius 3 is 2.61 bits per heavy atom. The normalized spacial score (nSPS) is 10.9. The van der Waals surface area contributed by atoms with Crippen molar-refractivity contribution in [2.45, 2.75) is 26.9 Å². The standard InChI is InChI=1S/C13H15BrFN3/c1-8-13(14)9(2)18(17-8)7-11-4-3-10(6-16)5-12(11)15/h3-5H,6-7,16H2,1-2H3. The fourth-order valence-corrected chi connectivity index (χ4v) is 2.12. The van der Waals surface area contributed by atoms with Crippen LogP contribution < -0.4 is 5.73 Å². The molecule has 0 spiro atoms. The van der Waals surface area contributed by atoms with E-state index in [0.717, 1.165) is 21.4 Å². The molecule has 0 atom stereocenters. The second-order valence-electron chi connectivity index (χ2n) is 4.27. The van der Waals surface area contributed by atoms with Gasteiger partial charge in [0, 0.05) is 12.1 Å². The number of rotatable bonds is 3. The summed E-state index contributed by atoms with van der Waals surface area (Å²) in [6.45, 7) is 4.65. The van der Waals surface area contributed by atoms with Crippen molar-refractivity contribution in [2.24, 2.45) is 5.73 Å². The van der Waals surface area contributed by atoms with Gasteiger partial charge in [-0.05, 0) is 41.4 Å². The first-order valence-electron chi connectivity index (χ1n) is 5.69. The quantitative estimate of drug-likeness (QED) is 0.947. The van der Waals surface area contributed by atoms with Crippen LogP contribution in [0.4, 0.5) is 4.39 Å². The number of aromatic nitrogens is 2. The molecule has 0 aliphatic carbocycles. The molecule has 2 rings (SSSR count). The van der Waals surface area contributed by atoms with Crippen molar-refractivity contribution in [1.29, 1.82) is 0 Å². The summed E-state index contributed by atoms with van der Waals surface area (Å²) in [7, 11) is 0. The van der Waals surface area contributed by atoms with Gasteiger partial charge in [0.1, 0.15) is 5.82 Å². The van der Waals surface area contributed by atoms with Gasteiger partial charge in [-0.15, -0.1) is 0 Å². The van der Waals surface area contributed by atoms with Crippen LogP contribution >= 0.6 is 15.9 Å². The number of hydrogen-bond acceptors (Lipinski definition) is 2. The summed E-state index contributed by atoms with van der Waals surface area (Å²) in [5.74, 6) is -0.235. The van der Waals surface area contributed by atoms with Crippen molar-refractivity contribution in [3.63, 3.8) is 0 Å². The molecule has 0 aliphatic heterocycles. The number of aryl methyl sites for hydroxylation is 1. The lowest BCUT2D eigenvalue weighted by Gasteiger charge is -2.07. The van der Waals surface area contributed by atoms with Gasteiger partial charge in [-0.3, -0.25) is 4.68 Å². The van der Waals surface area contributed by atoms with Crippen molar-refractivity contribution in [3.8, 4) is 0 Å². The second-order valence-corrected chi connectivity index (χ2v) is 5.07. The minimum atomic E-state index is -0.235. The zero-order valence-corrected chi connectivity index (χ0v) is 12.0. The molecule has 0 bridgehead atoms. The summed E-state index contributed by atoms with van der Waals surface area (Å²) in [6.07, 6.45) is 0. The summed E-state index contributed by atoms with van der Waals surface area (Å²) in [5, 5.41) is 4.37. The summed E-state index contributed by atoms with van der Waals surface area (Å²) in [5.41, 5.74) is 8.80. The molecule has 0 radical (unpaired) electrons. The predicted molar refractivity (Wildman–Crippen MR) is 72.8 cm³/mol. The van der Waals surface area contributed by atoms with E-state index in [-0.39, 0.29) is 5.82 Å². The van der Waals surface area contributed by atoms with Crippen molar-refractivity contribution < 1.29 is 4.39 Å². The topological polar surface area (TPSA) is 43.8 Å². The van der Waals surface area contributed by atoms with Crippen LogP contribution in [0.2, 0.25) is 0 Å². The van der Waals surface area contributed by atoms with Crippen LogP contribution in [0.1, 0.15) is 22.5 Å². The molecular weight excluding hydrogens is 297 g/mol. The fraction of sp³-hybridized carbons (Fsp3) is 0.308. The van der Waals surface area contributed by atoms with Crippen LogP contribution in [0.25, 0.3) is 0 Å².